The Labute approximate surface area is 82.6 Å². The van der Waals surface area contributed by atoms with Gasteiger partial charge in [0, 0.05) is 13.1 Å². The molecule has 80 valence electrons. The number of nitrogens with zero attached hydrogens (tertiary/aromatic N) is 1. The minimum Gasteiger partial charge on any atom is -0.481 e. The number of aliphatic carboxylic acids is 1. The van der Waals surface area contributed by atoms with Crippen molar-refractivity contribution in [3.8, 4) is 0 Å². The van der Waals surface area contributed by atoms with Gasteiger partial charge in [-0.15, -0.1) is 0 Å². The average Bonchev–Trinajstić information content (AvgIpc) is 2.62. The lowest BCUT2D eigenvalue weighted by atomic mass is 9.84. The van der Waals surface area contributed by atoms with Crippen molar-refractivity contribution in [3.63, 3.8) is 0 Å². The summed E-state index contributed by atoms with van der Waals surface area (Å²) in [6.45, 7) is 2.55. The minimum absolute atomic E-state index is 0.255. The first kappa shape index (κ1) is 10.8. The number of hydrogen-bond acceptors (Lipinski definition) is 3. The molecule has 0 aromatic rings. The largest absolute Gasteiger partial charge is 0.481 e. The van der Waals surface area contributed by atoms with E-state index in [0.717, 1.165) is 0 Å². The third kappa shape index (κ3) is 1.66. The van der Waals surface area contributed by atoms with Crippen LogP contribution in [0.25, 0.3) is 0 Å². The molecular weight excluding hydrogens is 186 g/mol. The second-order valence-electron chi connectivity index (χ2n) is 3.58. The van der Waals surface area contributed by atoms with E-state index in [1.165, 1.54) is 12.0 Å². The Morgan fingerprint density at radius 1 is 1.57 bits per heavy atom. The van der Waals surface area contributed by atoms with Crippen LogP contribution < -0.4 is 0 Å². The van der Waals surface area contributed by atoms with Crippen molar-refractivity contribution in [2.45, 2.75) is 19.8 Å². The molecule has 14 heavy (non-hydrogen) atoms. The number of rotatable bonds is 2. The number of ether oxygens (including phenoxy) is 1. The molecule has 1 amide bonds. The molecule has 5 nitrogen and oxygen atoms in total. The SMILES string of the molecule is CCC1(C(=O)O)CCN(C(=O)OC)C1. The second kappa shape index (κ2) is 3.86. The summed E-state index contributed by atoms with van der Waals surface area (Å²) in [7, 11) is 1.30. The maximum absolute atomic E-state index is 11.2. The van der Waals surface area contributed by atoms with Gasteiger partial charge in [-0.3, -0.25) is 4.79 Å². The first-order chi connectivity index (χ1) is 6.55. The maximum Gasteiger partial charge on any atom is 0.409 e. The van der Waals surface area contributed by atoms with Crippen molar-refractivity contribution in [2.75, 3.05) is 20.2 Å². The predicted molar refractivity (Wildman–Crippen MR) is 49.0 cm³/mol. The van der Waals surface area contributed by atoms with E-state index < -0.39 is 17.5 Å². The molecule has 1 heterocycles. The highest BCUT2D eigenvalue weighted by atomic mass is 16.5. The Hall–Kier alpha value is -1.26. The van der Waals surface area contributed by atoms with Crippen LogP contribution in [0.15, 0.2) is 0 Å². The lowest BCUT2D eigenvalue weighted by Crippen LogP contribution is -2.36. The summed E-state index contributed by atoms with van der Waals surface area (Å²) in [5.74, 6) is -0.827. The van der Waals surface area contributed by atoms with Crippen LogP contribution in [0.4, 0.5) is 4.79 Å². The molecule has 0 bridgehead atoms. The third-order valence-corrected chi connectivity index (χ3v) is 2.92. The highest BCUT2D eigenvalue weighted by molar-refractivity contribution is 5.77. The van der Waals surface area contributed by atoms with E-state index >= 15 is 0 Å². The summed E-state index contributed by atoms with van der Waals surface area (Å²) in [4.78, 5) is 23.6. The average molecular weight is 201 g/mol. The van der Waals surface area contributed by atoms with Crippen LogP contribution in [0.3, 0.4) is 0 Å². The molecule has 1 N–H and O–H groups in total. The molecule has 1 rings (SSSR count). The van der Waals surface area contributed by atoms with E-state index in [0.29, 0.717) is 19.4 Å². The number of carbonyl (C=O) groups excluding carboxylic acids is 1. The van der Waals surface area contributed by atoms with Gasteiger partial charge in [-0.1, -0.05) is 6.92 Å². The number of carboxylic acids is 1. The minimum atomic E-state index is -0.827. The fraction of sp³-hybridized carbons (Fsp3) is 0.778. The normalized spacial score (nSPS) is 26.3. The number of amides is 1. The van der Waals surface area contributed by atoms with Crippen molar-refractivity contribution in [3.05, 3.63) is 0 Å². The Balaban J connectivity index is 2.71. The standard InChI is InChI=1S/C9H15NO4/c1-3-9(7(11)12)4-5-10(6-9)8(13)14-2/h3-6H2,1-2H3,(H,11,12). The van der Waals surface area contributed by atoms with Crippen molar-refractivity contribution in [1.82, 2.24) is 4.90 Å². The van der Waals surface area contributed by atoms with Crippen LogP contribution in [-0.2, 0) is 9.53 Å². The zero-order chi connectivity index (χ0) is 10.8. The topological polar surface area (TPSA) is 66.8 Å². The third-order valence-electron chi connectivity index (χ3n) is 2.92. The first-order valence-electron chi connectivity index (χ1n) is 4.62. The highest BCUT2D eigenvalue weighted by Gasteiger charge is 2.45. The molecule has 5 heteroatoms. The van der Waals surface area contributed by atoms with Gasteiger partial charge in [-0.25, -0.2) is 4.79 Å². The van der Waals surface area contributed by atoms with Crippen LogP contribution in [-0.4, -0.2) is 42.3 Å². The van der Waals surface area contributed by atoms with E-state index in [4.69, 9.17) is 5.11 Å². The second-order valence-corrected chi connectivity index (χ2v) is 3.58. The van der Waals surface area contributed by atoms with Gasteiger partial charge in [0.05, 0.1) is 12.5 Å². The van der Waals surface area contributed by atoms with E-state index in [2.05, 4.69) is 4.74 Å². The van der Waals surface area contributed by atoms with Crippen LogP contribution in [0.1, 0.15) is 19.8 Å². The number of likely N-dealkylation sites (tertiary alicyclic amines) is 1. The van der Waals surface area contributed by atoms with E-state index in [9.17, 15) is 9.59 Å². The maximum atomic E-state index is 11.2. The summed E-state index contributed by atoms with van der Waals surface area (Å²) >= 11 is 0. The van der Waals surface area contributed by atoms with Crippen molar-refractivity contribution >= 4 is 12.1 Å². The van der Waals surface area contributed by atoms with Crippen molar-refractivity contribution in [2.24, 2.45) is 5.41 Å². The molecule has 0 spiro atoms. The molecule has 0 saturated carbocycles. The Morgan fingerprint density at radius 2 is 2.21 bits per heavy atom. The summed E-state index contributed by atoms with van der Waals surface area (Å²) in [5.41, 5.74) is -0.770. The molecule has 1 atom stereocenters. The number of carbonyl (C=O) groups is 2. The fourth-order valence-electron chi connectivity index (χ4n) is 1.77. The van der Waals surface area contributed by atoms with Gasteiger partial charge in [0.2, 0.25) is 0 Å². The Bertz CT molecular complexity index is 253. The summed E-state index contributed by atoms with van der Waals surface area (Å²) in [6.07, 6.45) is 0.602. The molecule has 1 fully saturated rings. The fourth-order valence-corrected chi connectivity index (χ4v) is 1.77. The molecule has 1 aliphatic heterocycles. The van der Waals surface area contributed by atoms with Crippen molar-refractivity contribution in [1.29, 1.82) is 0 Å². The zero-order valence-corrected chi connectivity index (χ0v) is 8.45. The Kier molecular flexibility index (Phi) is 2.98. The molecule has 0 aliphatic carbocycles. The highest BCUT2D eigenvalue weighted by Crippen LogP contribution is 2.34. The van der Waals surface area contributed by atoms with Gasteiger partial charge in [0.1, 0.15) is 0 Å². The molecule has 0 radical (unpaired) electrons. The molecule has 1 unspecified atom stereocenters. The molecule has 1 aliphatic rings. The number of methoxy groups -OCH3 is 1. The quantitative estimate of drug-likeness (QED) is 0.722. The summed E-state index contributed by atoms with van der Waals surface area (Å²) in [6, 6.07) is 0. The summed E-state index contributed by atoms with van der Waals surface area (Å²) < 4.78 is 4.55. The monoisotopic (exact) mass is 201 g/mol. The predicted octanol–water partition coefficient (Wildman–Crippen LogP) is 0.940. The van der Waals surface area contributed by atoms with Gasteiger partial charge in [0.25, 0.3) is 0 Å². The lowest BCUT2D eigenvalue weighted by Gasteiger charge is -2.22. The van der Waals surface area contributed by atoms with Crippen LogP contribution >= 0.6 is 0 Å². The lowest BCUT2D eigenvalue weighted by molar-refractivity contribution is -0.148. The molecular formula is C9H15NO4. The van der Waals surface area contributed by atoms with Crippen LogP contribution in [0, 0.1) is 5.41 Å². The first-order valence-corrected chi connectivity index (χ1v) is 4.62. The molecule has 0 aromatic carbocycles. The smallest absolute Gasteiger partial charge is 0.409 e. The van der Waals surface area contributed by atoms with E-state index in [1.807, 2.05) is 6.92 Å². The number of carboxylic acid groups (broad SMARTS) is 1. The van der Waals surface area contributed by atoms with Gasteiger partial charge in [-0.2, -0.15) is 0 Å². The van der Waals surface area contributed by atoms with E-state index in [1.54, 1.807) is 0 Å². The van der Waals surface area contributed by atoms with Gasteiger partial charge < -0.3 is 14.7 Å². The van der Waals surface area contributed by atoms with Crippen LogP contribution in [0.5, 0.6) is 0 Å². The van der Waals surface area contributed by atoms with Crippen molar-refractivity contribution < 1.29 is 19.4 Å². The van der Waals surface area contributed by atoms with Gasteiger partial charge in [0.15, 0.2) is 0 Å². The zero-order valence-electron chi connectivity index (χ0n) is 8.45. The molecule has 1 saturated heterocycles. The van der Waals surface area contributed by atoms with Gasteiger partial charge in [-0.05, 0) is 12.8 Å². The Morgan fingerprint density at radius 3 is 2.57 bits per heavy atom. The summed E-state index contributed by atoms with van der Waals surface area (Å²) in [5, 5.41) is 9.06. The van der Waals surface area contributed by atoms with E-state index in [-0.39, 0.29) is 6.54 Å². The molecule has 0 aromatic heterocycles. The number of hydrogen-bond donors (Lipinski definition) is 1. The van der Waals surface area contributed by atoms with Crippen LogP contribution in [0.2, 0.25) is 0 Å². The van der Waals surface area contributed by atoms with Gasteiger partial charge >= 0.3 is 12.1 Å².